The number of carboxylic acids is 1. The minimum atomic E-state index is -1.05. The van der Waals surface area contributed by atoms with Gasteiger partial charge in [-0.3, -0.25) is 4.79 Å². The number of piperidine rings is 1. The lowest BCUT2D eigenvalue weighted by atomic mass is 10.0. The van der Waals surface area contributed by atoms with Crippen LogP contribution in [0.4, 0.5) is 5.69 Å². The van der Waals surface area contributed by atoms with Gasteiger partial charge in [-0.15, -0.1) is 0 Å². The Hall–Kier alpha value is -2.25. The number of aromatic nitrogens is 2. The van der Waals surface area contributed by atoms with E-state index in [0.29, 0.717) is 23.8 Å². The number of hydrogen-bond donors (Lipinski definition) is 3. The maximum Gasteiger partial charge on any atom is 0.354 e. The molecule has 0 spiro atoms. The minimum Gasteiger partial charge on any atom is -0.477 e. The van der Waals surface area contributed by atoms with E-state index in [9.17, 15) is 9.59 Å². The average Bonchev–Trinajstić information content (AvgIpc) is 2.90. The van der Waals surface area contributed by atoms with E-state index in [1.165, 1.54) is 6.20 Å². The number of rotatable bonds is 4. The maximum absolute atomic E-state index is 12.4. The summed E-state index contributed by atoms with van der Waals surface area (Å²) in [5, 5.41) is 12.6. The SMILES string of the molecule is Cc1[nH]c(C(=O)NC2CCN(c3ccnc(C(=O)O)c3)CC2)c(Cl)c1Cl. The second kappa shape index (κ2) is 7.55. The van der Waals surface area contributed by atoms with Crippen LogP contribution in [-0.4, -0.2) is 46.1 Å². The number of aromatic amines is 1. The average molecular weight is 397 g/mol. The summed E-state index contributed by atoms with van der Waals surface area (Å²) in [7, 11) is 0. The van der Waals surface area contributed by atoms with Crippen molar-refractivity contribution >= 4 is 40.8 Å². The number of H-pyrrole nitrogens is 1. The monoisotopic (exact) mass is 396 g/mol. The van der Waals surface area contributed by atoms with E-state index in [1.54, 1.807) is 19.1 Å². The van der Waals surface area contributed by atoms with Crippen molar-refractivity contribution in [3.63, 3.8) is 0 Å². The van der Waals surface area contributed by atoms with Gasteiger partial charge in [0, 0.05) is 36.7 Å². The van der Waals surface area contributed by atoms with E-state index in [-0.39, 0.29) is 28.4 Å². The minimum absolute atomic E-state index is 0.0120. The first-order valence-electron chi connectivity index (χ1n) is 8.15. The zero-order valence-electron chi connectivity index (χ0n) is 14.1. The molecule has 1 amide bonds. The van der Waals surface area contributed by atoms with E-state index in [1.807, 2.05) is 0 Å². The first kappa shape index (κ1) is 18.5. The highest BCUT2D eigenvalue weighted by Crippen LogP contribution is 2.29. The van der Waals surface area contributed by atoms with Gasteiger partial charge < -0.3 is 20.3 Å². The number of pyridine rings is 1. The van der Waals surface area contributed by atoms with Gasteiger partial charge in [-0.1, -0.05) is 23.2 Å². The summed E-state index contributed by atoms with van der Waals surface area (Å²) < 4.78 is 0. The Morgan fingerprint density at radius 1 is 1.31 bits per heavy atom. The van der Waals surface area contributed by atoms with Gasteiger partial charge in [0.15, 0.2) is 0 Å². The van der Waals surface area contributed by atoms with Crippen LogP contribution in [0.1, 0.15) is 39.5 Å². The summed E-state index contributed by atoms with van der Waals surface area (Å²) >= 11 is 12.1. The zero-order valence-corrected chi connectivity index (χ0v) is 15.6. The molecule has 0 radical (unpaired) electrons. The Balaban J connectivity index is 1.60. The van der Waals surface area contributed by atoms with Crippen molar-refractivity contribution in [2.45, 2.75) is 25.8 Å². The van der Waals surface area contributed by atoms with E-state index in [2.05, 4.69) is 20.2 Å². The molecule has 0 unspecified atom stereocenters. The molecule has 3 rings (SSSR count). The summed E-state index contributed by atoms with van der Waals surface area (Å²) in [4.78, 5) is 32.3. The number of amides is 1. The number of hydrogen-bond acceptors (Lipinski definition) is 4. The quantitative estimate of drug-likeness (QED) is 0.737. The molecule has 1 saturated heterocycles. The van der Waals surface area contributed by atoms with Crippen molar-refractivity contribution in [1.82, 2.24) is 15.3 Å². The molecular formula is C17H18Cl2N4O3. The number of aryl methyl sites for hydroxylation is 1. The number of aromatic carboxylic acids is 1. The van der Waals surface area contributed by atoms with Crippen molar-refractivity contribution in [2.24, 2.45) is 0 Å². The Bertz CT molecular complexity index is 845. The molecule has 0 aromatic carbocycles. The molecule has 138 valence electrons. The zero-order chi connectivity index (χ0) is 18.8. The third-order valence-corrected chi connectivity index (χ3v) is 5.39. The molecule has 1 aliphatic rings. The van der Waals surface area contributed by atoms with Crippen LogP contribution in [0.15, 0.2) is 18.3 Å². The lowest BCUT2D eigenvalue weighted by molar-refractivity contribution is 0.0690. The molecule has 9 heteroatoms. The summed E-state index contributed by atoms with van der Waals surface area (Å²) in [5.74, 6) is -1.33. The molecule has 0 saturated carbocycles. The second-order valence-corrected chi connectivity index (χ2v) is 6.95. The Morgan fingerprint density at radius 3 is 2.58 bits per heavy atom. The Kier molecular flexibility index (Phi) is 5.38. The fraction of sp³-hybridized carbons (Fsp3) is 0.353. The van der Waals surface area contributed by atoms with Gasteiger partial charge in [-0.2, -0.15) is 0 Å². The highest BCUT2D eigenvalue weighted by molar-refractivity contribution is 6.44. The molecule has 2 aromatic heterocycles. The van der Waals surface area contributed by atoms with E-state index < -0.39 is 5.97 Å². The van der Waals surface area contributed by atoms with Crippen LogP contribution in [0.25, 0.3) is 0 Å². The smallest absolute Gasteiger partial charge is 0.354 e. The predicted octanol–water partition coefficient (Wildman–Crippen LogP) is 3.12. The van der Waals surface area contributed by atoms with Crippen LogP contribution in [0.5, 0.6) is 0 Å². The molecule has 7 nitrogen and oxygen atoms in total. The number of carbonyl (C=O) groups is 2. The molecule has 0 aliphatic carbocycles. The molecule has 1 fully saturated rings. The van der Waals surface area contributed by atoms with E-state index in [4.69, 9.17) is 28.3 Å². The van der Waals surface area contributed by atoms with Crippen molar-refractivity contribution < 1.29 is 14.7 Å². The maximum atomic E-state index is 12.4. The molecule has 26 heavy (non-hydrogen) atoms. The van der Waals surface area contributed by atoms with E-state index >= 15 is 0 Å². The molecule has 2 aromatic rings. The van der Waals surface area contributed by atoms with Crippen LogP contribution in [-0.2, 0) is 0 Å². The number of nitrogens with one attached hydrogen (secondary N) is 2. The van der Waals surface area contributed by atoms with Crippen LogP contribution in [0.2, 0.25) is 10.0 Å². The van der Waals surface area contributed by atoms with Gasteiger partial charge in [0.25, 0.3) is 5.91 Å². The fourth-order valence-electron chi connectivity index (χ4n) is 3.00. The predicted molar refractivity (Wildman–Crippen MR) is 99.4 cm³/mol. The summed E-state index contributed by atoms with van der Waals surface area (Å²) in [6.07, 6.45) is 2.97. The topological polar surface area (TPSA) is 98.3 Å². The van der Waals surface area contributed by atoms with Gasteiger partial charge in [0.05, 0.1) is 10.0 Å². The Labute approximate surface area is 160 Å². The van der Waals surface area contributed by atoms with Crippen molar-refractivity contribution in [3.8, 4) is 0 Å². The number of anilines is 1. The van der Waals surface area contributed by atoms with Gasteiger partial charge in [0.2, 0.25) is 0 Å². The molecule has 0 bridgehead atoms. The van der Waals surface area contributed by atoms with Gasteiger partial charge in [-0.05, 0) is 31.9 Å². The third kappa shape index (κ3) is 3.78. The lowest BCUT2D eigenvalue weighted by Gasteiger charge is -2.34. The molecule has 3 N–H and O–H groups in total. The Morgan fingerprint density at radius 2 is 2.00 bits per heavy atom. The first-order valence-corrected chi connectivity index (χ1v) is 8.91. The standard InChI is InChI=1S/C17H18Cl2N4O3/c1-9-13(18)14(19)15(21-9)16(24)22-10-3-6-23(7-4-10)11-2-5-20-12(8-11)17(25)26/h2,5,8,10,21H,3-4,6-7H2,1H3,(H,22,24)(H,25,26). The van der Waals surface area contributed by atoms with Crippen molar-refractivity contribution in [1.29, 1.82) is 0 Å². The first-order chi connectivity index (χ1) is 12.4. The number of nitrogens with zero attached hydrogens (tertiary/aromatic N) is 2. The number of halogens is 2. The largest absolute Gasteiger partial charge is 0.477 e. The normalized spacial score (nSPS) is 15.1. The number of carbonyl (C=O) groups excluding carboxylic acids is 1. The summed E-state index contributed by atoms with van der Waals surface area (Å²) in [6, 6.07) is 3.36. The highest BCUT2D eigenvalue weighted by atomic mass is 35.5. The van der Waals surface area contributed by atoms with Gasteiger partial charge in [0.1, 0.15) is 11.4 Å². The fourth-order valence-corrected chi connectivity index (χ4v) is 3.42. The van der Waals surface area contributed by atoms with Gasteiger partial charge >= 0.3 is 5.97 Å². The molecule has 0 atom stereocenters. The number of carboxylic acid groups (broad SMARTS) is 1. The van der Waals surface area contributed by atoms with Crippen LogP contribution in [0.3, 0.4) is 0 Å². The van der Waals surface area contributed by atoms with Crippen LogP contribution < -0.4 is 10.2 Å². The molecular weight excluding hydrogens is 379 g/mol. The van der Waals surface area contributed by atoms with Crippen molar-refractivity contribution in [2.75, 3.05) is 18.0 Å². The highest BCUT2D eigenvalue weighted by Gasteiger charge is 2.24. The second-order valence-electron chi connectivity index (χ2n) is 6.19. The lowest BCUT2D eigenvalue weighted by Crippen LogP contribution is -2.45. The summed E-state index contributed by atoms with van der Waals surface area (Å²) in [5.41, 5.74) is 1.77. The summed E-state index contributed by atoms with van der Waals surface area (Å²) in [6.45, 7) is 3.15. The van der Waals surface area contributed by atoms with Crippen LogP contribution in [0, 0.1) is 6.92 Å². The van der Waals surface area contributed by atoms with Crippen LogP contribution >= 0.6 is 23.2 Å². The van der Waals surface area contributed by atoms with Crippen molar-refractivity contribution in [3.05, 3.63) is 45.5 Å². The molecule has 3 heterocycles. The molecule has 1 aliphatic heterocycles. The third-order valence-electron chi connectivity index (χ3n) is 4.44. The van der Waals surface area contributed by atoms with E-state index in [0.717, 1.165) is 18.5 Å². The van der Waals surface area contributed by atoms with Gasteiger partial charge in [-0.25, -0.2) is 9.78 Å².